The molecule has 9 heavy (non-hydrogen) atoms. The number of aryl methyl sites for hydroxylation is 1. The lowest BCUT2D eigenvalue weighted by Crippen LogP contribution is -2.07. The summed E-state index contributed by atoms with van der Waals surface area (Å²) in [7, 11) is 0. The van der Waals surface area contributed by atoms with E-state index in [0.717, 1.165) is 6.42 Å². The summed E-state index contributed by atoms with van der Waals surface area (Å²) in [6.45, 7) is 2.17. The highest BCUT2D eigenvalue weighted by Crippen LogP contribution is 1.93. The minimum Gasteiger partial charge on any atom is -0.136 e. The molecule has 0 aliphatic rings. The zero-order valence-electron chi connectivity index (χ0n) is 5.59. The third-order valence-corrected chi connectivity index (χ3v) is 2.00. The van der Waals surface area contributed by atoms with Gasteiger partial charge in [0.15, 0.2) is 16.3 Å². The fourth-order valence-corrected chi connectivity index (χ4v) is 1.27. The summed E-state index contributed by atoms with van der Waals surface area (Å²) < 4.78 is 1.32. The molecule has 44 valence electrons. The monoisotopic (exact) mass is 132 g/mol. The van der Waals surface area contributed by atoms with Gasteiger partial charge in [-0.15, -0.1) is 4.43 Å². The first-order valence-corrected chi connectivity index (χ1v) is 3.75. The molecule has 0 fully saturated rings. The lowest BCUT2D eigenvalue weighted by Gasteiger charge is -2.00. The maximum absolute atomic E-state index is 2.73. The Bertz CT molecular complexity index is 194. The van der Waals surface area contributed by atoms with Crippen LogP contribution in [0.4, 0.5) is 0 Å². The minimum atomic E-state index is 1.12. The van der Waals surface area contributed by atoms with Crippen LogP contribution in [0.3, 0.4) is 0 Å². The first-order chi connectivity index (χ1) is 4.34. The van der Waals surface area contributed by atoms with Gasteiger partial charge in [0.05, 0.1) is 0 Å². The van der Waals surface area contributed by atoms with Crippen LogP contribution in [-0.4, -0.2) is 16.3 Å². The molecule has 0 heterocycles. The van der Waals surface area contributed by atoms with E-state index < -0.39 is 0 Å². The summed E-state index contributed by atoms with van der Waals surface area (Å²) >= 11 is 2.73. The maximum Gasteiger partial charge on any atom is 0.176 e. The van der Waals surface area contributed by atoms with Crippen molar-refractivity contribution in [2.24, 2.45) is 0 Å². The Morgan fingerprint density at radius 3 is 2.44 bits per heavy atom. The lowest BCUT2D eigenvalue weighted by molar-refractivity contribution is 1.15. The Kier molecular flexibility index (Phi) is 2.33. The molecule has 0 saturated carbocycles. The fraction of sp³-hybridized carbons (Fsp3) is 0.250. The van der Waals surface area contributed by atoms with Crippen LogP contribution >= 0.6 is 0 Å². The molecular formula is C8H9Al. The van der Waals surface area contributed by atoms with Crippen LogP contribution in [0.15, 0.2) is 24.3 Å². The summed E-state index contributed by atoms with van der Waals surface area (Å²) in [6, 6.07) is 8.40. The zero-order chi connectivity index (χ0) is 6.69. The molecule has 2 radical (unpaired) electrons. The predicted octanol–water partition coefficient (Wildman–Crippen LogP) is 1.04. The molecule has 1 aromatic rings. The third-order valence-electron chi connectivity index (χ3n) is 1.44. The SMILES string of the molecule is CCc1cccc[c]1[Al]. The summed E-state index contributed by atoms with van der Waals surface area (Å²) in [5.41, 5.74) is 1.42. The van der Waals surface area contributed by atoms with Gasteiger partial charge in [-0.2, -0.15) is 0 Å². The van der Waals surface area contributed by atoms with Crippen LogP contribution in [0.1, 0.15) is 12.5 Å². The van der Waals surface area contributed by atoms with Gasteiger partial charge in [0.1, 0.15) is 0 Å². The van der Waals surface area contributed by atoms with Crippen molar-refractivity contribution in [3.63, 3.8) is 0 Å². The van der Waals surface area contributed by atoms with Crippen LogP contribution in [0, 0.1) is 0 Å². The van der Waals surface area contributed by atoms with Crippen molar-refractivity contribution in [2.75, 3.05) is 0 Å². The van der Waals surface area contributed by atoms with Crippen LogP contribution in [0.25, 0.3) is 0 Å². The van der Waals surface area contributed by atoms with Crippen molar-refractivity contribution in [1.82, 2.24) is 0 Å². The van der Waals surface area contributed by atoms with Crippen LogP contribution in [-0.2, 0) is 6.42 Å². The molecule has 0 aliphatic carbocycles. The maximum atomic E-state index is 2.73. The third kappa shape index (κ3) is 1.58. The number of hydrogen-bond acceptors (Lipinski definition) is 0. The van der Waals surface area contributed by atoms with Crippen molar-refractivity contribution in [3.8, 4) is 0 Å². The molecule has 1 heteroatoms. The first kappa shape index (κ1) is 6.87. The molecule has 0 aromatic heterocycles. The highest BCUT2D eigenvalue weighted by molar-refractivity contribution is 6.33. The molecule has 0 unspecified atom stereocenters. The van der Waals surface area contributed by atoms with E-state index in [1.807, 2.05) is 0 Å². The van der Waals surface area contributed by atoms with E-state index >= 15 is 0 Å². The highest BCUT2D eigenvalue weighted by Gasteiger charge is 1.88. The van der Waals surface area contributed by atoms with Gasteiger partial charge in [0.25, 0.3) is 0 Å². The molecule has 0 aliphatic heterocycles. The molecule has 0 spiro atoms. The van der Waals surface area contributed by atoms with E-state index in [0.29, 0.717) is 0 Å². The molecule has 1 aromatic carbocycles. The van der Waals surface area contributed by atoms with Gasteiger partial charge in [-0.05, 0) is 6.42 Å². The number of hydrogen-bond donors (Lipinski definition) is 0. The van der Waals surface area contributed by atoms with Gasteiger partial charge in [-0.25, -0.2) is 0 Å². The summed E-state index contributed by atoms with van der Waals surface area (Å²) in [5, 5.41) is 0. The highest BCUT2D eigenvalue weighted by atomic mass is 27.0. The molecule has 0 N–H and O–H groups in total. The van der Waals surface area contributed by atoms with E-state index in [1.54, 1.807) is 0 Å². The molecule has 1 rings (SSSR count). The average molecular weight is 132 g/mol. The first-order valence-electron chi connectivity index (χ1n) is 3.18. The van der Waals surface area contributed by atoms with Crippen LogP contribution < -0.4 is 4.43 Å². The van der Waals surface area contributed by atoms with E-state index in [-0.39, 0.29) is 0 Å². The normalized spacial score (nSPS) is 9.44. The van der Waals surface area contributed by atoms with Gasteiger partial charge in [-0.3, -0.25) is 0 Å². The van der Waals surface area contributed by atoms with Crippen molar-refractivity contribution in [2.45, 2.75) is 13.3 Å². The number of rotatable bonds is 1. The Hall–Kier alpha value is -0.248. The summed E-state index contributed by atoms with van der Waals surface area (Å²) in [4.78, 5) is 0. The molecule has 0 saturated heterocycles. The van der Waals surface area contributed by atoms with Crippen molar-refractivity contribution >= 4 is 20.7 Å². The molecule has 0 atom stereocenters. The Morgan fingerprint density at radius 1 is 1.33 bits per heavy atom. The molecule has 0 amide bonds. The molecular weight excluding hydrogens is 123 g/mol. The second-order valence-corrected chi connectivity index (χ2v) is 2.67. The van der Waals surface area contributed by atoms with Gasteiger partial charge < -0.3 is 0 Å². The minimum absolute atomic E-state index is 1.12. The van der Waals surface area contributed by atoms with Crippen LogP contribution in [0.5, 0.6) is 0 Å². The standard InChI is InChI=1S/C8H9.Al/c1-2-8-6-4-3-5-7-8;/h3-6H,2H2,1H3;. The lowest BCUT2D eigenvalue weighted by atomic mass is 10.2. The molecule has 0 nitrogen and oxygen atoms in total. The van der Waals surface area contributed by atoms with E-state index in [2.05, 4.69) is 47.5 Å². The van der Waals surface area contributed by atoms with Crippen molar-refractivity contribution in [3.05, 3.63) is 29.8 Å². The quantitative estimate of drug-likeness (QED) is 0.501. The Labute approximate surface area is 64.3 Å². The van der Waals surface area contributed by atoms with E-state index in [1.165, 1.54) is 9.99 Å². The van der Waals surface area contributed by atoms with Crippen molar-refractivity contribution < 1.29 is 0 Å². The average Bonchev–Trinajstić information content (AvgIpc) is 1.89. The summed E-state index contributed by atoms with van der Waals surface area (Å²) in [6.07, 6.45) is 1.12. The second kappa shape index (κ2) is 3.06. The van der Waals surface area contributed by atoms with E-state index in [4.69, 9.17) is 0 Å². The Morgan fingerprint density at radius 2 is 2.00 bits per heavy atom. The largest absolute Gasteiger partial charge is 0.176 e. The fourth-order valence-electron chi connectivity index (χ4n) is 0.856. The Balaban J connectivity index is 3.01. The topological polar surface area (TPSA) is 0 Å². The van der Waals surface area contributed by atoms with Crippen molar-refractivity contribution in [1.29, 1.82) is 0 Å². The number of benzene rings is 1. The predicted molar refractivity (Wildman–Crippen MR) is 41.2 cm³/mol. The smallest absolute Gasteiger partial charge is 0.136 e. The van der Waals surface area contributed by atoms with Gasteiger partial charge >= 0.3 is 0 Å². The van der Waals surface area contributed by atoms with Gasteiger partial charge in [-0.1, -0.05) is 36.8 Å². The molecule has 0 bridgehead atoms. The second-order valence-electron chi connectivity index (χ2n) is 2.05. The van der Waals surface area contributed by atoms with Crippen LogP contribution in [0.2, 0.25) is 0 Å². The zero-order valence-corrected chi connectivity index (χ0v) is 6.75. The summed E-state index contributed by atoms with van der Waals surface area (Å²) in [5.74, 6) is 0. The van der Waals surface area contributed by atoms with Gasteiger partial charge in [0, 0.05) is 0 Å². The van der Waals surface area contributed by atoms with E-state index in [9.17, 15) is 0 Å². The van der Waals surface area contributed by atoms with Gasteiger partial charge in [0.2, 0.25) is 0 Å².